The lowest BCUT2D eigenvalue weighted by Gasteiger charge is -2.13. The Morgan fingerprint density at radius 2 is 2.00 bits per heavy atom. The molecule has 4 amide bonds. The number of aromatic nitrogens is 1. The van der Waals surface area contributed by atoms with Gasteiger partial charge in [-0.2, -0.15) is 0 Å². The fraction of sp³-hybridized carbons (Fsp3) is 0.222. The van der Waals surface area contributed by atoms with Crippen molar-refractivity contribution < 1.29 is 19.1 Å². The van der Waals surface area contributed by atoms with Gasteiger partial charge >= 0.3 is 6.03 Å². The SMILES string of the molecule is COc1ccc(NC(=O)C[C@H]2NC(=O)N(Cc3ccccc3)C2=O)cn1. The van der Waals surface area contributed by atoms with E-state index < -0.39 is 23.9 Å². The van der Waals surface area contributed by atoms with Crippen molar-refractivity contribution in [2.45, 2.75) is 19.0 Å². The van der Waals surface area contributed by atoms with Crippen LogP contribution in [-0.2, 0) is 16.1 Å². The summed E-state index contributed by atoms with van der Waals surface area (Å²) >= 11 is 0. The summed E-state index contributed by atoms with van der Waals surface area (Å²) in [5.41, 5.74) is 1.32. The predicted octanol–water partition coefficient (Wildman–Crippen LogP) is 1.54. The Balaban J connectivity index is 1.58. The zero-order valence-electron chi connectivity index (χ0n) is 14.1. The van der Waals surface area contributed by atoms with Crippen LogP contribution >= 0.6 is 0 Å². The molecule has 1 atom stereocenters. The highest BCUT2D eigenvalue weighted by molar-refractivity contribution is 6.06. The highest BCUT2D eigenvalue weighted by Crippen LogP contribution is 2.16. The molecular weight excluding hydrogens is 336 g/mol. The van der Waals surface area contributed by atoms with Gasteiger partial charge in [0.25, 0.3) is 5.91 Å². The maximum Gasteiger partial charge on any atom is 0.325 e. The molecule has 1 fully saturated rings. The van der Waals surface area contributed by atoms with E-state index in [1.807, 2.05) is 30.3 Å². The van der Waals surface area contributed by atoms with E-state index in [0.29, 0.717) is 11.6 Å². The Labute approximate surface area is 150 Å². The maximum absolute atomic E-state index is 12.4. The quantitative estimate of drug-likeness (QED) is 0.767. The van der Waals surface area contributed by atoms with Gasteiger partial charge in [-0.1, -0.05) is 30.3 Å². The van der Waals surface area contributed by atoms with E-state index in [1.165, 1.54) is 13.3 Å². The molecule has 0 aliphatic carbocycles. The van der Waals surface area contributed by atoms with E-state index in [1.54, 1.807) is 12.1 Å². The third kappa shape index (κ3) is 3.97. The fourth-order valence-electron chi connectivity index (χ4n) is 2.60. The summed E-state index contributed by atoms with van der Waals surface area (Å²) in [5, 5.41) is 5.19. The highest BCUT2D eigenvalue weighted by Gasteiger charge is 2.38. The molecule has 8 nitrogen and oxygen atoms in total. The standard InChI is InChI=1S/C18H18N4O4/c1-26-16-8-7-13(10-19-16)20-15(23)9-14-17(24)22(18(25)21-14)11-12-5-3-2-4-6-12/h2-8,10,14H,9,11H2,1H3,(H,20,23)(H,21,25)/t14-/m1/s1. The first-order valence-electron chi connectivity index (χ1n) is 8.02. The van der Waals surface area contributed by atoms with Gasteiger partial charge in [-0.05, 0) is 11.6 Å². The number of rotatable bonds is 6. The minimum Gasteiger partial charge on any atom is -0.481 e. The normalized spacial score (nSPS) is 16.3. The largest absolute Gasteiger partial charge is 0.481 e. The second kappa shape index (κ2) is 7.64. The number of imide groups is 1. The lowest BCUT2D eigenvalue weighted by atomic mass is 10.1. The first-order valence-corrected chi connectivity index (χ1v) is 8.02. The van der Waals surface area contributed by atoms with Crippen LogP contribution in [0.1, 0.15) is 12.0 Å². The summed E-state index contributed by atoms with van der Waals surface area (Å²) in [6.45, 7) is 0.173. The zero-order valence-corrected chi connectivity index (χ0v) is 14.1. The molecule has 26 heavy (non-hydrogen) atoms. The Kier molecular flexibility index (Phi) is 5.12. The molecule has 2 aromatic rings. The number of nitrogens with one attached hydrogen (secondary N) is 2. The average Bonchev–Trinajstić information content (AvgIpc) is 2.90. The Hall–Kier alpha value is -3.42. The molecule has 1 aromatic carbocycles. The van der Waals surface area contributed by atoms with Crippen LogP contribution in [0.3, 0.4) is 0 Å². The van der Waals surface area contributed by atoms with Crippen LogP contribution in [0.2, 0.25) is 0 Å². The van der Waals surface area contributed by atoms with Gasteiger partial charge in [0.15, 0.2) is 0 Å². The van der Waals surface area contributed by atoms with Gasteiger partial charge in [-0.25, -0.2) is 9.78 Å². The number of ether oxygens (including phenoxy) is 1. The van der Waals surface area contributed by atoms with Crippen molar-refractivity contribution in [2.24, 2.45) is 0 Å². The van der Waals surface area contributed by atoms with E-state index in [-0.39, 0.29) is 13.0 Å². The topological polar surface area (TPSA) is 101 Å². The summed E-state index contributed by atoms with van der Waals surface area (Å²) in [4.78, 5) is 41.7. The number of hydrogen-bond donors (Lipinski definition) is 2. The third-order valence-corrected chi connectivity index (χ3v) is 3.91. The number of anilines is 1. The average molecular weight is 354 g/mol. The van der Waals surface area contributed by atoms with Crippen LogP contribution < -0.4 is 15.4 Å². The van der Waals surface area contributed by atoms with Gasteiger partial charge in [0.05, 0.1) is 32.0 Å². The Morgan fingerprint density at radius 1 is 1.23 bits per heavy atom. The van der Waals surface area contributed by atoms with Crippen molar-refractivity contribution in [1.82, 2.24) is 15.2 Å². The molecule has 0 spiro atoms. The van der Waals surface area contributed by atoms with Gasteiger partial charge in [0.1, 0.15) is 6.04 Å². The van der Waals surface area contributed by atoms with Gasteiger partial charge in [-0.3, -0.25) is 14.5 Å². The molecule has 1 saturated heterocycles. The number of pyridine rings is 1. The lowest BCUT2D eigenvalue weighted by Crippen LogP contribution is -2.34. The van der Waals surface area contributed by atoms with E-state index in [4.69, 9.17) is 4.74 Å². The molecule has 1 aromatic heterocycles. The fourth-order valence-corrected chi connectivity index (χ4v) is 2.60. The summed E-state index contributed by atoms with van der Waals surface area (Å²) in [7, 11) is 1.50. The third-order valence-electron chi connectivity index (χ3n) is 3.91. The van der Waals surface area contributed by atoms with Gasteiger partial charge in [0.2, 0.25) is 11.8 Å². The molecule has 1 aliphatic rings. The second-order valence-corrected chi connectivity index (χ2v) is 5.75. The first-order chi connectivity index (χ1) is 12.6. The van der Waals surface area contributed by atoms with Crippen LogP contribution in [0.5, 0.6) is 5.88 Å². The molecule has 0 bridgehead atoms. The highest BCUT2D eigenvalue weighted by atomic mass is 16.5. The maximum atomic E-state index is 12.4. The van der Waals surface area contributed by atoms with Crippen LogP contribution in [0.25, 0.3) is 0 Å². The van der Waals surface area contributed by atoms with Crippen molar-refractivity contribution in [1.29, 1.82) is 0 Å². The zero-order chi connectivity index (χ0) is 18.5. The number of amides is 4. The van der Waals surface area contributed by atoms with Crippen molar-refractivity contribution in [3.05, 3.63) is 54.2 Å². The van der Waals surface area contributed by atoms with Gasteiger partial charge < -0.3 is 15.4 Å². The first kappa shape index (κ1) is 17.4. The monoisotopic (exact) mass is 354 g/mol. The number of benzene rings is 1. The van der Waals surface area contributed by atoms with Crippen molar-refractivity contribution in [3.63, 3.8) is 0 Å². The van der Waals surface area contributed by atoms with E-state index in [2.05, 4.69) is 15.6 Å². The van der Waals surface area contributed by atoms with Gasteiger partial charge in [-0.15, -0.1) is 0 Å². The number of urea groups is 1. The van der Waals surface area contributed by atoms with E-state index >= 15 is 0 Å². The van der Waals surface area contributed by atoms with Gasteiger partial charge in [0, 0.05) is 6.07 Å². The molecule has 0 saturated carbocycles. The number of carbonyl (C=O) groups is 3. The molecule has 8 heteroatoms. The number of nitrogens with zero attached hydrogens (tertiary/aromatic N) is 2. The van der Waals surface area contributed by atoms with Crippen molar-refractivity contribution in [2.75, 3.05) is 12.4 Å². The van der Waals surface area contributed by atoms with E-state index in [9.17, 15) is 14.4 Å². The summed E-state index contributed by atoms with van der Waals surface area (Å²) in [5.74, 6) is -0.378. The summed E-state index contributed by atoms with van der Waals surface area (Å²) in [6.07, 6.45) is 1.30. The van der Waals surface area contributed by atoms with Crippen LogP contribution in [0.15, 0.2) is 48.7 Å². The molecular formula is C18H18N4O4. The summed E-state index contributed by atoms with van der Waals surface area (Å²) < 4.78 is 4.95. The summed E-state index contributed by atoms with van der Waals surface area (Å²) in [6, 6.07) is 11.1. The minimum absolute atomic E-state index is 0.151. The minimum atomic E-state index is -0.877. The van der Waals surface area contributed by atoms with Crippen molar-refractivity contribution in [3.8, 4) is 5.88 Å². The molecule has 3 rings (SSSR count). The smallest absolute Gasteiger partial charge is 0.325 e. The predicted molar refractivity (Wildman–Crippen MR) is 93.3 cm³/mol. The Morgan fingerprint density at radius 3 is 2.65 bits per heavy atom. The van der Waals surface area contributed by atoms with Crippen LogP contribution in [0, 0.1) is 0 Å². The van der Waals surface area contributed by atoms with Crippen LogP contribution in [-0.4, -0.2) is 40.9 Å². The van der Waals surface area contributed by atoms with E-state index in [0.717, 1.165) is 10.5 Å². The molecule has 1 aliphatic heterocycles. The Bertz CT molecular complexity index is 808. The van der Waals surface area contributed by atoms with Crippen LogP contribution in [0.4, 0.5) is 10.5 Å². The molecule has 0 radical (unpaired) electrons. The van der Waals surface area contributed by atoms with Crippen molar-refractivity contribution >= 4 is 23.5 Å². The molecule has 2 N–H and O–H groups in total. The molecule has 134 valence electrons. The second-order valence-electron chi connectivity index (χ2n) is 5.75. The molecule has 2 heterocycles. The molecule has 0 unspecified atom stereocenters. The number of hydrogen-bond acceptors (Lipinski definition) is 5. The number of methoxy groups -OCH3 is 1. The lowest BCUT2D eigenvalue weighted by molar-refractivity contribution is -0.130. The number of carbonyl (C=O) groups excluding carboxylic acids is 3.